The molecular weight excluding hydrogens is 306 g/mol. The zero-order chi connectivity index (χ0) is 14.5. The summed E-state index contributed by atoms with van der Waals surface area (Å²) in [5.74, 6) is -3.67. The summed E-state index contributed by atoms with van der Waals surface area (Å²) in [6, 6.07) is 0. The molecule has 0 aromatic rings. The predicted octanol–water partition coefficient (Wildman–Crippen LogP) is 2.79. The molecule has 0 spiro atoms. The second-order valence-electron chi connectivity index (χ2n) is 5.20. The molecule has 0 saturated carbocycles. The van der Waals surface area contributed by atoms with E-state index in [9.17, 15) is 9.59 Å². The van der Waals surface area contributed by atoms with E-state index in [2.05, 4.69) is 6.92 Å². The van der Waals surface area contributed by atoms with Crippen LogP contribution in [0.3, 0.4) is 0 Å². The monoisotopic (exact) mass is 336 g/mol. The fourth-order valence-corrected chi connectivity index (χ4v) is 2.19. The Morgan fingerprint density at radius 1 is 0.762 bits per heavy atom. The van der Waals surface area contributed by atoms with Crippen molar-refractivity contribution in [2.75, 3.05) is 0 Å². The molecular formula is C15H30KNaO4. The standard InChI is InChI=1S/C15H28O4.K.Na.2H/c1-2-3-4-5-6-7-8-9-10-11-12-13(14(16)17)15(18)19;;;;/h13H,2-12H2,1H3,(H,16,17)(H,18,19);;;;. The molecule has 0 rings (SSSR count). The first kappa shape index (κ1) is 27.4. The van der Waals surface area contributed by atoms with Gasteiger partial charge in [-0.2, -0.15) is 0 Å². The van der Waals surface area contributed by atoms with Crippen LogP contribution in [0.25, 0.3) is 0 Å². The second kappa shape index (κ2) is 19.6. The van der Waals surface area contributed by atoms with E-state index in [1.165, 1.54) is 44.9 Å². The minimum atomic E-state index is -1.23. The first-order chi connectivity index (χ1) is 9.09. The summed E-state index contributed by atoms with van der Waals surface area (Å²) < 4.78 is 0. The topological polar surface area (TPSA) is 74.6 Å². The van der Waals surface area contributed by atoms with Gasteiger partial charge in [-0.1, -0.05) is 71.1 Å². The van der Waals surface area contributed by atoms with Gasteiger partial charge in [-0.25, -0.2) is 0 Å². The van der Waals surface area contributed by atoms with Crippen molar-refractivity contribution in [1.29, 1.82) is 0 Å². The zero-order valence-corrected chi connectivity index (χ0v) is 12.1. The van der Waals surface area contributed by atoms with Crippen molar-refractivity contribution < 1.29 is 19.8 Å². The van der Waals surface area contributed by atoms with E-state index in [0.717, 1.165) is 12.8 Å². The van der Waals surface area contributed by atoms with Gasteiger partial charge < -0.3 is 10.2 Å². The molecule has 0 fully saturated rings. The van der Waals surface area contributed by atoms with Crippen LogP contribution in [0.15, 0.2) is 0 Å². The third kappa shape index (κ3) is 17.8. The number of rotatable bonds is 13. The predicted molar refractivity (Wildman–Crippen MR) is 89.5 cm³/mol. The van der Waals surface area contributed by atoms with E-state index >= 15 is 0 Å². The first-order valence-corrected chi connectivity index (χ1v) is 7.55. The van der Waals surface area contributed by atoms with Crippen molar-refractivity contribution in [3.05, 3.63) is 0 Å². The third-order valence-electron chi connectivity index (χ3n) is 3.44. The number of unbranched alkanes of at least 4 members (excludes halogenated alkanes) is 9. The first-order valence-electron chi connectivity index (χ1n) is 7.55. The van der Waals surface area contributed by atoms with Crippen LogP contribution in [0.5, 0.6) is 0 Å². The summed E-state index contributed by atoms with van der Waals surface area (Å²) >= 11 is 0. The summed E-state index contributed by atoms with van der Waals surface area (Å²) in [4.78, 5) is 21.3. The minimum absolute atomic E-state index is 0. The average Bonchev–Trinajstić information content (AvgIpc) is 2.35. The Morgan fingerprint density at radius 2 is 1.10 bits per heavy atom. The van der Waals surface area contributed by atoms with Gasteiger partial charge in [-0.3, -0.25) is 9.59 Å². The molecule has 0 aromatic heterocycles. The van der Waals surface area contributed by atoms with E-state index in [4.69, 9.17) is 10.2 Å². The number of hydrogen-bond acceptors (Lipinski definition) is 2. The van der Waals surface area contributed by atoms with Gasteiger partial charge in [-0.05, 0) is 6.42 Å². The quantitative estimate of drug-likeness (QED) is 0.308. The number of carboxylic acids is 2. The summed E-state index contributed by atoms with van der Waals surface area (Å²) in [5.41, 5.74) is 0. The Balaban J connectivity index is -0.00000162. The SMILES string of the molecule is CCCCCCCCCCCCC(C(=O)O)C(=O)O.[KH].[NaH]. The van der Waals surface area contributed by atoms with Gasteiger partial charge in [0.2, 0.25) is 0 Å². The Bertz CT molecular complexity index is 248. The van der Waals surface area contributed by atoms with Crippen LogP contribution >= 0.6 is 0 Å². The van der Waals surface area contributed by atoms with Crippen molar-refractivity contribution in [3.8, 4) is 0 Å². The van der Waals surface area contributed by atoms with Crippen molar-refractivity contribution in [3.63, 3.8) is 0 Å². The van der Waals surface area contributed by atoms with Crippen LogP contribution in [0.2, 0.25) is 0 Å². The van der Waals surface area contributed by atoms with Crippen LogP contribution in [-0.4, -0.2) is 103 Å². The molecule has 4 nitrogen and oxygen atoms in total. The molecule has 0 aliphatic rings. The fourth-order valence-electron chi connectivity index (χ4n) is 2.19. The Hall–Kier alpha value is 1.58. The molecule has 0 unspecified atom stereocenters. The molecule has 0 amide bonds. The summed E-state index contributed by atoms with van der Waals surface area (Å²) in [5, 5.41) is 17.4. The van der Waals surface area contributed by atoms with Gasteiger partial charge in [0.1, 0.15) is 0 Å². The van der Waals surface area contributed by atoms with Gasteiger partial charge in [0.05, 0.1) is 0 Å². The molecule has 0 aliphatic carbocycles. The Morgan fingerprint density at radius 3 is 1.43 bits per heavy atom. The van der Waals surface area contributed by atoms with Crippen molar-refractivity contribution in [2.45, 2.75) is 77.6 Å². The molecule has 0 saturated heterocycles. The number of carbonyl (C=O) groups is 2. The summed E-state index contributed by atoms with van der Waals surface area (Å²) in [7, 11) is 0. The van der Waals surface area contributed by atoms with Crippen LogP contribution in [0.4, 0.5) is 0 Å². The molecule has 116 valence electrons. The fraction of sp³-hybridized carbons (Fsp3) is 0.867. The van der Waals surface area contributed by atoms with Crippen LogP contribution < -0.4 is 0 Å². The normalized spacial score (nSPS) is 9.81. The summed E-state index contributed by atoms with van der Waals surface area (Å²) in [6.45, 7) is 2.21. The van der Waals surface area contributed by atoms with Crippen molar-refractivity contribution in [2.24, 2.45) is 5.92 Å². The Kier molecular flexibility index (Phi) is 25.6. The number of hydrogen-bond donors (Lipinski definition) is 2. The maximum absolute atomic E-state index is 10.7. The second-order valence-corrected chi connectivity index (χ2v) is 5.20. The maximum atomic E-state index is 10.7. The van der Waals surface area contributed by atoms with Gasteiger partial charge in [0.15, 0.2) is 5.92 Å². The molecule has 0 atom stereocenters. The molecule has 6 heteroatoms. The summed E-state index contributed by atoms with van der Waals surface area (Å²) in [6.07, 6.45) is 11.9. The van der Waals surface area contributed by atoms with E-state index in [1.807, 2.05) is 0 Å². The zero-order valence-electron chi connectivity index (χ0n) is 12.1. The number of carboxylic acid groups (broad SMARTS) is 2. The van der Waals surface area contributed by atoms with Gasteiger partial charge in [-0.15, -0.1) is 0 Å². The molecule has 0 radical (unpaired) electrons. The molecule has 0 heterocycles. The van der Waals surface area contributed by atoms with Crippen LogP contribution in [0, 0.1) is 5.92 Å². The van der Waals surface area contributed by atoms with Crippen molar-refractivity contribution in [1.82, 2.24) is 0 Å². The molecule has 21 heavy (non-hydrogen) atoms. The van der Waals surface area contributed by atoms with Crippen molar-refractivity contribution >= 4 is 92.9 Å². The van der Waals surface area contributed by atoms with Crippen LogP contribution in [-0.2, 0) is 9.59 Å². The van der Waals surface area contributed by atoms with E-state index in [1.54, 1.807) is 0 Å². The van der Waals surface area contributed by atoms with E-state index in [0.29, 0.717) is 6.42 Å². The Labute approximate surface area is 193 Å². The van der Waals surface area contributed by atoms with Gasteiger partial charge in [0, 0.05) is 0 Å². The number of aliphatic carboxylic acids is 2. The molecule has 2 N–H and O–H groups in total. The molecule has 0 aromatic carbocycles. The van der Waals surface area contributed by atoms with Gasteiger partial charge >= 0.3 is 92.9 Å². The van der Waals surface area contributed by atoms with Gasteiger partial charge in [0.25, 0.3) is 0 Å². The molecule has 0 bridgehead atoms. The van der Waals surface area contributed by atoms with E-state index < -0.39 is 17.9 Å². The average molecular weight is 336 g/mol. The van der Waals surface area contributed by atoms with Crippen LogP contribution in [0.1, 0.15) is 77.6 Å². The van der Waals surface area contributed by atoms with E-state index in [-0.39, 0.29) is 87.4 Å². The third-order valence-corrected chi connectivity index (χ3v) is 3.44. The molecule has 0 aliphatic heterocycles.